The molecule has 1 aromatic heterocycles. The van der Waals surface area contributed by atoms with E-state index in [1.54, 1.807) is 11.3 Å². The molecule has 210 valence electrons. The third-order valence-corrected chi connectivity index (χ3v) is 20.4. The van der Waals surface area contributed by atoms with Gasteiger partial charge < -0.3 is 14.0 Å². The van der Waals surface area contributed by atoms with Crippen LogP contribution in [0.4, 0.5) is 0 Å². The predicted octanol–water partition coefficient (Wildman–Crippen LogP) is 9.91. The smallest absolute Gasteiger partial charge is 0.200 e. The molecule has 0 aliphatic heterocycles. The molecular weight excluding hydrogens is 532 g/mol. The highest BCUT2D eigenvalue weighted by atomic mass is 35.5. The van der Waals surface area contributed by atoms with E-state index in [4.69, 9.17) is 20.5 Å². The minimum Gasteiger partial charge on any atom is -0.416 e. The quantitative estimate of drug-likeness (QED) is 0.253. The van der Waals surface area contributed by atoms with Gasteiger partial charge in [0.25, 0.3) is 0 Å². The molecule has 0 aliphatic rings. The number of aliphatic hydroxyl groups is 1. The van der Waals surface area contributed by atoms with E-state index in [9.17, 15) is 5.11 Å². The van der Waals surface area contributed by atoms with E-state index in [-0.39, 0.29) is 5.04 Å². The van der Waals surface area contributed by atoms with E-state index in [0.29, 0.717) is 34.9 Å². The molecule has 1 atom stereocenters. The number of benzene rings is 1. The largest absolute Gasteiger partial charge is 0.416 e. The first-order valence-corrected chi connectivity index (χ1v) is 20.0. The summed E-state index contributed by atoms with van der Waals surface area (Å²) in [6.45, 7) is 28.3. The van der Waals surface area contributed by atoms with Gasteiger partial charge >= 0.3 is 0 Å². The maximum Gasteiger partial charge on any atom is 0.200 e. The first-order valence-electron chi connectivity index (χ1n) is 13.7. The first kappa shape index (κ1) is 32.7. The van der Waals surface area contributed by atoms with E-state index < -0.39 is 22.2 Å². The van der Waals surface area contributed by atoms with Gasteiger partial charge in [0.1, 0.15) is 5.60 Å². The summed E-state index contributed by atoms with van der Waals surface area (Å²) in [5.74, 6) is 0. The molecule has 1 unspecified atom stereocenters. The molecule has 2 rings (SSSR count). The van der Waals surface area contributed by atoms with Crippen LogP contribution >= 0.6 is 22.9 Å². The van der Waals surface area contributed by atoms with Gasteiger partial charge in [-0.05, 0) is 88.4 Å². The molecule has 0 amide bonds. The zero-order valence-electron chi connectivity index (χ0n) is 25.3. The summed E-state index contributed by atoms with van der Waals surface area (Å²) < 4.78 is 13.3. The molecule has 37 heavy (non-hydrogen) atoms. The Kier molecular flexibility index (Phi) is 10.9. The fourth-order valence-corrected chi connectivity index (χ4v) is 13.0. The highest BCUT2D eigenvalue weighted by Gasteiger charge is 2.45. The fraction of sp³-hybridized carbons (Fsp3) is 0.667. The van der Waals surface area contributed by atoms with Crippen molar-refractivity contribution in [3.63, 3.8) is 0 Å². The van der Waals surface area contributed by atoms with Crippen LogP contribution in [0.15, 0.2) is 29.6 Å². The third kappa shape index (κ3) is 7.39. The Bertz CT molecular complexity index is 1000. The molecule has 0 saturated carbocycles. The maximum absolute atomic E-state index is 11.8. The van der Waals surface area contributed by atoms with Gasteiger partial charge in [-0.25, -0.2) is 0 Å². The van der Waals surface area contributed by atoms with Gasteiger partial charge in [-0.2, -0.15) is 0 Å². The van der Waals surface area contributed by atoms with Gasteiger partial charge in [-0.3, -0.25) is 0 Å². The summed E-state index contributed by atoms with van der Waals surface area (Å²) in [4.78, 5) is 1.15. The number of rotatable bonds is 12. The molecule has 0 bridgehead atoms. The van der Waals surface area contributed by atoms with Crippen molar-refractivity contribution in [1.82, 2.24) is 0 Å². The van der Waals surface area contributed by atoms with Gasteiger partial charge in [0, 0.05) is 16.5 Å². The highest BCUT2D eigenvalue weighted by Crippen LogP contribution is 2.44. The lowest BCUT2D eigenvalue weighted by molar-refractivity contribution is 0.101. The molecule has 1 N–H and O–H groups in total. The lowest BCUT2D eigenvalue weighted by atomic mass is 9.85. The minimum absolute atomic E-state index is 0.164. The van der Waals surface area contributed by atoms with E-state index in [2.05, 4.69) is 86.9 Å². The highest BCUT2D eigenvalue weighted by molar-refractivity contribution is 7.10. The van der Waals surface area contributed by atoms with E-state index >= 15 is 0 Å². The van der Waals surface area contributed by atoms with Crippen LogP contribution in [0.1, 0.15) is 90.8 Å². The van der Waals surface area contributed by atoms with Crippen LogP contribution in [0.3, 0.4) is 0 Å². The Morgan fingerprint density at radius 3 is 2.00 bits per heavy atom. The molecule has 0 saturated heterocycles. The molecule has 0 spiro atoms. The number of halogens is 1. The van der Waals surface area contributed by atoms with Gasteiger partial charge in [0.2, 0.25) is 8.32 Å². The lowest BCUT2D eigenvalue weighted by Crippen LogP contribution is -2.47. The average molecular weight is 583 g/mol. The van der Waals surface area contributed by atoms with Crippen LogP contribution in [0.5, 0.6) is 0 Å². The zero-order valence-corrected chi connectivity index (χ0v) is 28.9. The van der Waals surface area contributed by atoms with Crippen molar-refractivity contribution >= 4 is 39.6 Å². The molecule has 0 aliphatic carbocycles. The van der Waals surface area contributed by atoms with E-state index in [1.165, 1.54) is 0 Å². The van der Waals surface area contributed by atoms with Crippen LogP contribution < -0.4 is 0 Å². The van der Waals surface area contributed by atoms with Gasteiger partial charge in [0.15, 0.2) is 8.32 Å². The molecule has 1 aromatic carbocycles. The predicted molar refractivity (Wildman–Crippen MR) is 167 cm³/mol. The third-order valence-electron chi connectivity index (χ3n) is 8.62. The van der Waals surface area contributed by atoms with Crippen LogP contribution in [-0.4, -0.2) is 28.3 Å². The van der Waals surface area contributed by atoms with Crippen LogP contribution in [-0.2, 0) is 27.5 Å². The Balaban J connectivity index is 2.28. The molecule has 0 radical (unpaired) electrons. The topological polar surface area (TPSA) is 38.7 Å². The van der Waals surface area contributed by atoms with Gasteiger partial charge in [0.05, 0.1) is 6.61 Å². The van der Waals surface area contributed by atoms with Crippen molar-refractivity contribution in [3.8, 4) is 0 Å². The Labute approximate surface area is 238 Å². The van der Waals surface area contributed by atoms with Crippen molar-refractivity contribution in [2.24, 2.45) is 0 Å². The average Bonchev–Trinajstić information content (AvgIpc) is 3.23. The molecule has 0 fully saturated rings. The van der Waals surface area contributed by atoms with Gasteiger partial charge in [-0.1, -0.05) is 80.0 Å². The molecule has 2 aromatic rings. The van der Waals surface area contributed by atoms with Crippen molar-refractivity contribution in [3.05, 3.63) is 56.2 Å². The van der Waals surface area contributed by atoms with Crippen molar-refractivity contribution in [2.45, 2.75) is 123 Å². The first-order chi connectivity index (χ1) is 16.9. The van der Waals surface area contributed by atoms with E-state index in [0.717, 1.165) is 28.0 Å². The summed E-state index contributed by atoms with van der Waals surface area (Å²) in [6, 6.07) is 7.96. The summed E-state index contributed by atoms with van der Waals surface area (Å²) >= 11 is 8.09. The Morgan fingerprint density at radius 2 is 1.49 bits per heavy atom. The molecular formula is C30H51ClO3SSi2. The normalized spacial score (nSPS) is 15.2. The standard InChI is InChI=1S/C30H51ClO3SSi2/c1-21(2)37(22(3)4,23(5)6)34-19-27-17-25(20-35-27)30(10,32)28-18-26(31)14-13-24(28)15-16-33-36(11,12)29(7,8)9/h13-14,17-18,20-23,32H,15-16,19H2,1-12H3. The summed E-state index contributed by atoms with van der Waals surface area (Å²) in [5, 5.41) is 14.7. The number of hydrogen-bond donors (Lipinski definition) is 1. The second-order valence-corrected chi connectivity index (χ2v) is 24.8. The van der Waals surface area contributed by atoms with Gasteiger partial charge in [-0.15, -0.1) is 11.3 Å². The summed E-state index contributed by atoms with van der Waals surface area (Å²) in [6.07, 6.45) is 0.737. The van der Waals surface area contributed by atoms with Crippen molar-refractivity contribution in [1.29, 1.82) is 0 Å². The lowest BCUT2D eigenvalue weighted by Gasteiger charge is -2.42. The fourth-order valence-electron chi connectivity index (χ4n) is 5.42. The summed E-state index contributed by atoms with van der Waals surface area (Å²) in [5.41, 5.74) is 3.26. The second kappa shape index (κ2) is 12.4. The molecule has 7 heteroatoms. The summed E-state index contributed by atoms with van der Waals surface area (Å²) in [7, 11) is -3.80. The second-order valence-electron chi connectivity index (χ2n) is 13.1. The minimum atomic E-state index is -1.96. The molecule has 1 heterocycles. The monoisotopic (exact) mass is 582 g/mol. The zero-order chi connectivity index (χ0) is 28.4. The van der Waals surface area contributed by atoms with Crippen molar-refractivity contribution < 1.29 is 14.0 Å². The number of thiophene rings is 1. The molecule has 3 nitrogen and oxygen atoms in total. The number of hydrogen-bond acceptors (Lipinski definition) is 4. The van der Waals surface area contributed by atoms with E-state index in [1.807, 2.05) is 25.1 Å². The Morgan fingerprint density at radius 1 is 0.919 bits per heavy atom. The van der Waals surface area contributed by atoms with Crippen LogP contribution in [0, 0.1) is 0 Å². The maximum atomic E-state index is 11.8. The van der Waals surface area contributed by atoms with Crippen LogP contribution in [0.2, 0.25) is 39.8 Å². The van der Waals surface area contributed by atoms with Crippen LogP contribution in [0.25, 0.3) is 0 Å². The SMILES string of the molecule is CC(C)[Si](OCc1cc(C(C)(O)c2cc(Cl)ccc2CCO[Si](C)(C)C(C)(C)C)cs1)(C(C)C)C(C)C. The Hall–Kier alpha value is -0.476. The van der Waals surface area contributed by atoms with Crippen molar-refractivity contribution in [2.75, 3.05) is 6.61 Å².